The lowest BCUT2D eigenvalue weighted by Crippen LogP contribution is -2.49. The summed E-state index contributed by atoms with van der Waals surface area (Å²) in [5.41, 5.74) is 0.147. The predicted octanol–water partition coefficient (Wildman–Crippen LogP) is 1.29. The van der Waals surface area contributed by atoms with E-state index in [1.165, 1.54) is 26.8 Å². The lowest BCUT2D eigenvalue weighted by atomic mass is 10.1. The average molecular weight is 494 g/mol. The molecule has 2 fully saturated rings. The zero-order valence-corrected chi connectivity index (χ0v) is 20.1. The van der Waals surface area contributed by atoms with Gasteiger partial charge in [0.1, 0.15) is 4.90 Å². The van der Waals surface area contributed by atoms with Gasteiger partial charge in [-0.1, -0.05) is 11.6 Å². The molecule has 174 valence electrons. The normalized spacial score (nSPS) is 26.5. The van der Waals surface area contributed by atoms with E-state index in [9.17, 15) is 21.6 Å². The van der Waals surface area contributed by atoms with Crippen molar-refractivity contribution in [1.82, 2.24) is 13.9 Å². The van der Waals surface area contributed by atoms with Gasteiger partial charge in [0.2, 0.25) is 20.0 Å². The third-order valence-electron chi connectivity index (χ3n) is 5.39. The quantitative estimate of drug-likeness (QED) is 0.661. The second kappa shape index (κ2) is 9.32. The molecule has 1 aromatic carbocycles. The van der Waals surface area contributed by atoms with Gasteiger partial charge in [-0.2, -0.15) is 4.31 Å². The summed E-state index contributed by atoms with van der Waals surface area (Å²) < 4.78 is 58.2. The van der Waals surface area contributed by atoms with Gasteiger partial charge in [0.15, 0.2) is 0 Å². The maximum atomic E-state index is 13.2. The van der Waals surface area contributed by atoms with E-state index in [0.717, 1.165) is 6.26 Å². The first kappa shape index (κ1) is 24.4. The monoisotopic (exact) mass is 493 g/mol. The summed E-state index contributed by atoms with van der Waals surface area (Å²) in [5, 5.41) is 2.84. The van der Waals surface area contributed by atoms with Crippen LogP contribution in [0.2, 0.25) is 5.02 Å². The third-order valence-corrected chi connectivity index (χ3v) is 8.97. The molecule has 31 heavy (non-hydrogen) atoms. The van der Waals surface area contributed by atoms with Crippen molar-refractivity contribution in [3.8, 4) is 0 Å². The first-order chi connectivity index (χ1) is 14.4. The summed E-state index contributed by atoms with van der Waals surface area (Å²) in [4.78, 5) is 12.7. The van der Waals surface area contributed by atoms with Crippen molar-refractivity contribution < 1.29 is 26.4 Å². The number of nitrogens with zero attached hydrogens (tertiary/aromatic N) is 2. The molecule has 3 rings (SSSR count). The number of hydrogen-bond acceptors (Lipinski definition) is 6. The Bertz CT molecular complexity index is 1040. The minimum atomic E-state index is -3.92. The molecule has 0 spiro atoms. The average Bonchev–Trinajstić information content (AvgIpc) is 2.67. The molecule has 0 radical (unpaired) electrons. The van der Waals surface area contributed by atoms with Gasteiger partial charge in [0, 0.05) is 37.8 Å². The van der Waals surface area contributed by atoms with E-state index in [1.807, 2.05) is 0 Å². The molecule has 9 nitrogen and oxygen atoms in total. The second-order valence-electron chi connectivity index (χ2n) is 8.16. The van der Waals surface area contributed by atoms with E-state index in [4.69, 9.17) is 16.3 Å². The Morgan fingerprint density at radius 2 is 1.74 bits per heavy atom. The van der Waals surface area contributed by atoms with Crippen LogP contribution in [0.15, 0.2) is 23.1 Å². The fraction of sp³-hybridized carbons (Fsp3) is 0.632. The summed E-state index contributed by atoms with van der Waals surface area (Å²) in [5.74, 6) is -0.475. The van der Waals surface area contributed by atoms with E-state index in [2.05, 4.69) is 5.32 Å². The summed E-state index contributed by atoms with van der Waals surface area (Å²) in [6, 6.07) is 3.76. The highest BCUT2D eigenvalue weighted by Gasteiger charge is 2.34. The van der Waals surface area contributed by atoms with Gasteiger partial charge >= 0.3 is 0 Å². The van der Waals surface area contributed by atoms with Crippen LogP contribution in [0, 0.1) is 0 Å². The number of ether oxygens (including phenoxy) is 1. The Morgan fingerprint density at radius 3 is 2.35 bits per heavy atom. The number of rotatable bonds is 5. The van der Waals surface area contributed by atoms with Crippen LogP contribution in [0.4, 0.5) is 0 Å². The Morgan fingerprint density at radius 1 is 1.10 bits per heavy atom. The van der Waals surface area contributed by atoms with Gasteiger partial charge in [0.25, 0.3) is 5.91 Å². The van der Waals surface area contributed by atoms with Gasteiger partial charge < -0.3 is 10.1 Å². The Kier molecular flexibility index (Phi) is 7.34. The highest BCUT2D eigenvalue weighted by molar-refractivity contribution is 7.89. The van der Waals surface area contributed by atoms with Crippen LogP contribution in [0.25, 0.3) is 0 Å². The van der Waals surface area contributed by atoms with Crippen LogP contribution in [-0.2, 0) is 24.8 Å². The zero-order valence-electron chi connectivity index (χ0n) is 17.7. The lowest BCUT2D eigenvalue weighted by Gasteiger charge is -2.34. The van der Waals surface area contributed by atoms with Crippen molar-refractivity contribution in [2.75, 3.05) is 32.4 Å². The van der Waals surface area contributed by atoms with E-state index in [-0.39, 0.29) is 53.4 Å². The number of carbonyl (C=O) groups is 1. The molecule has 3 atom stereocenters. The number of morpholine rings is 1. The summed E-state index contributed by atoms with van der Waals surface area (Å²) in [7, 11) is -7.26. The Labute approximate surface area is 188 Å². The van der Waals surface area contributed by atoms with Gasteiger partial charge in [0.05, 0.1) is 23.5 Å². The SMILES string of the molecule is CC1CN(S(=O)(=O)c2cc(C(=O)NC3CCCN(S(C)(=O)=O)C3)ccc2Cl)CC(C)O1. The van der Waals surface area contributed by atoms with Crippen LogP contribution < -0.4 is 5.32 Å². The van der Waals surface area contributed by atoms with Gasteiger partial charge in [-0.15, -0.1) is 0 Å². The highest BCUT2D eigenvalue weighted by Crippen LogP contribution is 2.28. The standard InChI is InChI=1S/C19H28ClN3O6S2/c1-13-10-23(11-14(2)29-13)31(27,28)18-9-15(6-7-17(18)20)19(24)21-16-5-4-8-22(12-16)30(3,25)26/h6-7,9,13-14,16H,4-5,8,10-12H2,1-3H3,(H,21,24). The number of carbonyl (C=O) groups excluding carboxylic acids is 1. The molecule has 0 saturated carbocycles. The Hall–Kier alpha value is -1.24. The third kappa shape index (κ3) is 5.77. The predicted molar refractivity (Wildman–Crippen MR) is 117 cm³/mol. The minimum absolute atomic E-state index is 0.0317. The number of amides is 1. The first-order valence-corrected chi connectivity index (χ1v) is 13.8. The van der Waals surface area contributed by atoms with Crippen molar-refractivity contribution in [2.24, 2.45) is 0 Å². The molecule has 1 aromatic rings. The van der Waals surface area contributed by atoms with Crippen molar-refractivity contribution in [2.45, 2.75) is 49.8 Å². The van der Waals surface area contributed by atoms with Crippen molar-refractivity contribution in [3.05, 3.63) is 28.8 Å². The van der Waals surface area contributed by atoms with Crippen molar-refractivity contribution >= 4 is 37.6 Å². The van der Waals surface area contributed by atoms with Gasteiger partial charge in [-0.25, -0.2) is 21.1 Å². The molecule has 2 aliphatic rings. The smallest absolute Gasteiger partial charge is 0.251 e. The highest BCUT2D eigenvalue weighted by atomic mass is 35.5. The maximum Gasteiger partial charge on any atom is 0.251 e. The number of hydrogen-bond donors (Lipinski definition) is 1. The molecule has 1 amide bonds. The molecule has 0 bridgehead atoms. The lowest BCUT2D eigenvalue weighted by molar-refractivity contribution is -0.0440. The van der Waals surface area contributed by atoms with E-state index >= 15 is 0 Å². The van der Waals surface area contributed by atoms with E-state index in [1.54, 1.807) is 13.8 Å². The topological polar surface area (TPSA) is 113 Å². The zero-order chi connectivity index (χ0) is 23.0. The molecule has 0 aliphatic carbocycles. The number of nitrogens with one attached hydrogen (secondary N) is 1. The van der Waals surface area contributed by atoms with Crippen molar-refractivity contribution in [3.63, 3.8) is 0 Å². The molecule has 3 unspecified atom stereocenters. The fourth-order valence-corrected chi connectivity index (χ4v) is 6.94. The minimum Gasteiger partial charge on any atom is -0.373 e. The van der Waals surface area contributed by atoms with Gasteiger partial charge in [-0.3, -0.25) is 4.79 Å². The number of sulfonamides is 2. The Balaban J connectivity index is 1.79. The van der Waals surface area contributed by atoms with Crippen LogP contribution in [0.3, 0.4) is 0 Å². The van der Waals surface area contributed by atoms with Gasteiger partial charge in [-0.05, 0) is 44.9 Å². The molecule has 2 aliphatic heterocycles. The summed E-state index contributed by atoms with van der Waals surface area (Å²) >= 11 is 6.20. The van der Waals surface area contributed by atoms with Crippen LogP contribution in [-0.4, -0.2) is 82.0 Å². The number of halogens is 1. The first-order valence-electron chi connectivity index (χ1n) is 10.1. The number of benzene rings is 1. The molecule has 2 heterocycles. The summed E-state index contributed by atoms with van der Waals surface area (Å²) in [6.45, 7) is 4.60. The molecule has 0 aromatic heterocycles. The van der Waals surface area contributed by atoms with Crippen molar-refractivity contribution in [1.29, 1.82) is 0 Å². The van der Waals surface area contributed by atoms with E-state index in [0.29, 0.717) is 19.4 Å². The molecule has 2 saturated heterocycles. The second-order valence-corrected chi connectivity index (χ2v) is 12.5. The molecule has 12 heteroatoms. The summed E-state index contributed by atoms with van der Waals surface area (Å²) in [6.07, 6.45) is 1.90. The number of piperidine rings is 1. The fourth-order valence-electron chi connectivity index (χ4n) is 3.94. The molecular weight excluding hydrogens is 466 g/mol. The van der Waals surface area contributed by atoms with E-state index < -0.39 is 26.0 Å². The van der Waals surface area contributed by atoms with Crippen LogP contribution in [0.5, 0.6) is 0 Å². The maximum absolute atomic E-state index is 13.2. The largest absolute Gasteiger partial charge is 0.373 e. The van der Waals surface area contributed by atoms with Crippen LogP contribution in [0.1, 0.15) is 37.0 Å². The molecular formula is C19H28ClN3O6S2. The van der Waals surface area contributed by atoms with Crippen LogP contribution >= 0.6 is 11.6 Å². The molecule has 1 N–H and O–H groups in total.